The molecule has 0 aliphatic heterocycles. The molecule has 0 bridgehead atoms. The lowest BCUT2D eigenvalue weighted by Crippen LogP contribution is -2.24. The summed E-state index contributed by atoms with van der Waals surface area (Å²) in [4.78, 5) is 15.6. The van der Waals surface area contributed by atoms with Gasteiger partial charge in [0.1, 0.15) is 5.69 Å². The van der Waals surface area contributed by atoms with Crippen molar-refractivity contribution in [1.29, 1.82) is 0 Å². The molecule has 0 aliphatic rings. The molecule has 0 atom stereocenters. The average Bonchev–Trinajstić information content (AvgIpc) is 2.45. The maximum absolute atomic E-state index is 12.6. The van der Waals surface area contributed by atoms with Crippen molar-refractivity contribution in [2.45, 2.75) is 12.7 Å². The number of aromatic nitrogens is 1. The van der Waals surface area contributed by atoms with E-state index in [9.17, 15) is 18.0 Å². The number of amides is 1. The summed E-state index contributed by atoms with van der Waals surface area (Å²) in [5.41, 5.74) is 5.62. The highest BCUT2D eigenvalue weighted by atomic mass is 19.4. The molecule has 110 valence electrons. The highest BCUT2D eigenvalue weighted by molar-refractivity contribution is 5.92. The first kappa shape index (κ1) is 14.8. The highest BCUT2D eigenvalue weighted by Gasteiger charge is 2.30. The third-order valence-electron chi connectivity index (χ3n) is 2.73. The van der Waals surface area contributed by atoms with Crippen LogP contribution in [0.2, 0.25) is 0 Å². The van der Waals surface area contributed by atoms with Gasteiger partial charge in [-0.25, -0.2) is 4.98 Å². The number of nitrogens with two attached hydrogens (primary N) is 1. The zero-order valence-corrected chi connectivity index (χ0v) is 10.8. The molecular formula is C14H12F3N3O. The molecule has 4 nitrogen and oxygen atoms in total. The third kappa shape index (κ3) is 3.95. The van der Waals surface area contributed by atoms with Crippen molar-refractivity contribution in [2.75, 3.05) is 5.73 Å². The Hall–Kier alpha value is -2.57. The molecule has 2 rings (SSSR count). The summed E-state index contributed by atoms with van der Waals surface area (Å²) in [6.07, 6.45) is -3.07. The maximum Gasteiger partial charge on any atom is 0.416 e. The number of carbonyl (C=O) groups is 1. The molecule has 0 fully saturated rings. The normalized spacial score (nSPS) is 11.2. The van der Waals surface area contributed by atoms with Crippen LogP contribution in [0, 0.1) is 0 Å². The van der Waals surface area contributed by atoms with Crippen LogP contribution in [0.4, 0.5) is 18.9 Å². The average molecular weight is 295 g/mol. The van der Waals surface area contributed by atoms with Gasteiger partial charge >= 0.3 is 6.18 Å². The van der Waals surface area contributed by atoms with Crippen LogP contribution in [0.5, 0.6) is 0 Å². The molecule has 1 heterocycles. The molecule has 0 saturated carbocycles. The summed E-state index contributed by atoms with van der Waals surface area (Å²) in [6.45, 7) is -0.0190. The molecule has 0 spiro atoms. The molecule has 3 N–H and O–H groups in total. The number of rotatable bonds is 3. The second-order valence-electron chi connectivity index (χ2n) is 4.36. The van der Waals surface area contributed by atoms with Gasteiger partial charge in [0, 0.05) is 6.54 Å². The lowest BCUT2D eigenvalue weighted by Gasteiger charge is -2.09. The first-order valence-electron chi connectivity index (χ1n) is 6.02. The molecule has 0 aliphatic carbocycles. The molecule has 1 aromatic carbocycles. The monoisotopic (exact) mass is 295 g/mol. The van der Waals surface area contributed by atoms with Crippen molar-refractivity contribution in [3.8, 4) is 0 Å². The number of hydrogen-bond acceptors (Lipinski definition) is 3. The van der Waals surface area contributed by atoms with Crippen LogP contribution < -0.4 is 11.1 Å². The first-order chi connectivity index (χ1) is 9.86. The van der Waals surface area contributed by atoms with Crippen LogP contribution in [-0.4, -0.2) is 10.9 Å². The van der Waals surface area contributed by atoms with E-state index in [1.54, 1.807) is 0 Å². The molecule has 1 aromatic heterocycles. The quantitative estimate of drug-likeness (QED) is 0.914. The van der Waals surface area contributed by atoms with Gasteiger partial charge in [-0.2, -0.15) is 13.2 Å². The fourth-order valence-corrected chi connectivity index (χ4v) is 1.67. The summed E-state index contributed by atoms with van der Waals surface area (Å²) >= 11 is 0. The van der Waals surface area contributed by atoms with Gasteiger partial charge in [-0.3, -0.25) is 4.79 Å². The fraction of sp³-hybridized carbons (Fsp3) is 0.143. The first-order valence-corrected chi connectivity index (χ1v) is 6.02. The number of benzene rings is 1. The second-order valence-corrected chi connectivity index (χ2v) is 4.36. The van der Waals surface area contributed by atoms with Crippen molar-refractivity contribution >= 4 is 11.6 Å². The molecule has 0 radical (unpaired) electrons. The lowest BCUT2D eigenvalue weighted by atomic mass is 10.1. The van der Waals surface area contributed by atoms with E-state index in [4.69, 9.17) is 5.73 Å². The van der Waals surface area contributed by atoms with Crippen molar-refractivity contribution < 1.29 is 18.0 Å². The molecule has 21 heavy (non-hydrogen) atoms. The van der Waals surface area contributed by atoms with Crippen molar-refractivity contribution in [3.63, 3.8) is 0 Å². The molecule has 7 heteroatoms. The largest absolute Gasteiger partial charge is 0.416 e. The van der Waals surface area contributed by atoms with Gasteiger partial charge in [0.05, 0.1) is 17.4 Å². The van der Waals surface area contributed by atoms with Crippen LogP contribution in [0.15, 0.2) is 42.6 Å². The number of pyridine rings is 1. The Kier molecular flexibility index (Phi) is 4.11. The van der Waals surface area contributed by atoms with Crippen LogP contribution in [0.3, 0.4) is 0 Å². The van der Waals surface area contributed by atoms with E-state index in [0.717, 1.165) is 12.1 Å². The van der Waals surface area contributed by atoms with Crippen LogP contribution in [0.1, 0.15) is 21.6 Å². The Bertz CT molecular complexity index is 639. The Morgan fingerprint density at radius 3 is 2.62 bits per heavy atom. The third-order valence-corrected chi connectivity index (χ3v) is 2.73. The van der Waals surface area contributed by atoms with Gasteiger partial charge in [-0.15, -0.1) is 0 Å². The number of nitrogen functional groups attached to an aromatic ring is 1. The standard InChI is InChI=1S/C14H12F3N3O/c15-14(16,17)10-3-1-2-9(6-10)7-20-13(21)12-5-4-11(18)8-19-12/h1-6,8H,7,18H2,(H,20,21). The fourth-order valence-electron chi connectivity index (χ4n) is 1.67. The summed E-state index contributed by atoms with van der Waals surface area (Å²) in [5, 5.41) is 2.50. The lowest BCUT2D eigenvalue weighted by molar-refractivity contribution is -0.137. The molecule has 1 amide bonds. The number of carbonyl (C=O) groups excluding carboxylic acids is 1. The maximum atomic E-state index is 12.6. The van der Waals surface area contributed by atoms with Gasteiger partial charge in [0.15, 0.2) is 0 Å². The van der Waals surface area contributed by atoms with E-state index in [-0.39, 0.29) is 12.2 Å². The van der Waals surface area contributed by atoms with E-state index < -0.39 is 17.6 Å². The van der Waals surface area contributed by atoms with E-state index >= 15 is 0 Å². The number of anilines is 1. The van der Waals surface area contributed by atoms with Gasteiger partial charge in [0.2, 0.25) is 0 Å². The Labute approximate surface area is 118 Å². The molecular weight excluding hydrogens is 283 g/mol. The minimum Gasteiger partial charge on any atom is -0.397 e. The summed E-state index contributed by atoms with van der Waals surface area (Å²) in [5.74, 6) is -0.479. The van der Waals surface area contributed by atoms with Crippen molar-refractivity contribution in [1.82, 2.24) is 10.3 Å². The summed E-state index contributed by atoms with van der Waals surface area (Å²) in [6, 6.07) is 7.74. The summed E-state index contributed by atoms with van der Waals surface area (Å²) < 4.78 is 37.7. The number of nitrogens with zero attached hydrogens (tertiary/aromatic N) is 1. The van der Waals surface area contributed by atoms with Crippen molar-refractivity contribution in [3.05, 3.63) is 59.4 Å². The Balaban J connectivity index is 2.03. The SMILES string of the molecule is Nc1ccc(C(=O)NCc2cccc(C(F)(F)F)c2)nc1. The van der Waals surface area contributed by atoms with Gasteiger partial charge < -0.3 is 11.1 Å². The number of alkyl halides is 3. The number of nitrogens with one attached hydrogen (secondary N) is 1. The van der Waals surface area contributed by atoms with E-state index in [2.05, 4.69) is 10.3 Å². The molecule has 2 aromatic rings. The predicted molar refractivity (Wildman–Crippen MR) is 71.3 cm³/mol. The minimum atomic E-state index is -4.40. The number of hydrogen-bond donors (Lipinski definition) is 2. The van der Waals surface area contributed by atoms with E-state index in [1.165, 1.54) is 30.5 Å². The van der Waals surface area contributed by atoms with Gasteiger partial charge in [0.25, 0.3) is 5.91 Å². The highest BCUT2D eigenvalue weighted by Crippen LogP contribution is 2.29. The van der Waals surface area contributed by atoms with Crippen molar-refractivity contribution in [2.24, 2.45) is 0 Å². The Morgan fingerprint density at radius 2 is 2.00 bits per heavy atom. The van der Waals surface area contributed by atoms with E-state index in [1.807, 2.05) is 0 Å². The zero-order valence-electron chi connectivity index (χ0n) is 10.8. The number of halogens is 3. The predicted octanol–water partition coefficient (Wildman–Crippen LogP) is 2.61. The Morgan fingerprint density at radius 1 is 1.24 bits per heavy atom. The van der Waals surface area contributed by atoms with Gasteiger partial charge in [-0.1, -0.05) is 12.1 Å². The van der Waals surface area contributed by atoms with E-state index in [0.29, 0.717) is 11.3 Å². The molecule has 0 saturated heterocycles. The topological polar surface area (TPSA) is 68.0 Å². The molecule has 0 unspecified atom stereocenters. The van der Waals surface area contributed by atoms with Crippen LogP contribution >= 0.6 is 0 Å². The minimum absolute atomic E-state index is 0.0190. The van der Waals surface area contributed by atoms with Crippen LogP contribution in [-0.2, 0) is 12.7 Å². The van der Waals surface area contributed by atoms with Crippen LogP contribution in [0.25, 0.3) is 0 Å². The summed E-state index contributed by atoms with van der Waals surface area (Å²) in [7, 11) is 0. The van der Waals surface area contributed by atoms with Gasteiger partial charge in [-0.05, 0) is 29.8 Å². The second kappa shape index (κ2) is 5.82. The smallest absolute Gasteiger partial charge is 0.397 e. The zero-order chi connectivity index (χ0) is 15.5.